The van der Waals surface area contributed by atoms with E-state index in [2.05, 4.69) is 9.69 Å². The first-order valence-corrected chi connectivity index (χ1v) is 11.8. The molecule has 2 aromatic carbocycles. The van der Waals surface area contributed by atoms with E-state index in [1.165, 1.54) is 30.3 Å². The summed E-state index contributed by atoms with van der Waals surface area (Å²) in [6, 6.07) is 8.88. The molecule has 0 bridgehead atoms. The van der Waals surface area contributed by atoms with Gasteiger partial charge in [0.25, 0.3) is 11.8 Å². The molecule has 36 heavy (non-hydrogen) atoms. The smallest absolute Gasteiger partial charge is 0.273 e. The van der Waals surface area contributed by atoms with Gasteiger partial charge >= 0.3 is 0 Å². The first kappa shape index (κ1) is 25.2. The third-order valence-corrected chi connectivity index (χ3v) is 6.56. The van der Waals surface area contributed by atoms with Crippen molar-refractivity contribution in [3.63, 3.8) is 0 Å². The molecule has 1 aliphatic heterocycles. The second-order valence-electron chi connectivity index (χ2n) is 8.10. The maximum atomic E-state index is 15.1. The van der Waals surface area contributed by atoms with E-state index in [-0.39, 0.29) is 40.2 Å². The summed E-state index contributed by atoms with van der Waals surface area (Å²) in [7, 11) is 0. The highest BCUT2D eigenvalue weighted by Gasteiger charge is 2.37. The molecule has 1 saturated heterocycles. The number of hydrogen-bond donors (Lipinski definition) is 3. The number of primary amides is 1. The number of amides is 3. The van der Waals surface area contributed by atoms with Crippen LogP contribution in [-0.4, -0.2) is 41.4 Å². The minimum atomic E-state index is -1.42. The van der Waals surface area contributed by atoms with Gasteiger partial charge in [0, 0.05) is 13.2 Å². The topological polar surface area (TPSA) is 141 Å². The van der Waals surface area contributed by atoms with Crippen LogP contribution in [0.5, 0.6) is 0 Å². The van der Waals surface area contributed by atoms with Gasteiger partial charge < -0.3 is 21.5 Å². The molecule has 1 aromatic heterocycles. The number of nitrogens with two attached hydrogens (primary N) is 2. The summed E-state index contributed by atoms with van der Waals surface area (Å²) in [5, 5.41) is 2.76. The van der Waals surface area contributed by atoms with Gasteiger partial charge in [0.1, 0.15) is 22.6 Å². The van der Waals surface area contributed by atoms with Gasteiger partial charge in [-0.3, -0.25) is 19.3 Å². The molecule has 12 heteroatoms. The Morgan fingerprint density at radius 3 is 2.50 bits per heavy atom. The van der Waals surface area contributed by atoms with Gasteiger partial charge in [0.2, 0.25) is 5.91 Å². The fourth-order valence-electron chi connectivity index (χ4n) is 3.93. The molecule has 5 N–H and O–H groups in total. The molecular formula is C24H23F2N5O4S. The summed E-state index contributed by atoms with van der Waals surface area (Å²) >= 11 is 0.601. The fourth-order valence-corrected chi connectivity index (χ4v) is 4.67. The first-order valence-electron chi connectivity index (χ1n) is 11.1. The highest BCUT2D eigenvalue weighted by molar-refractivity contribution is 7.09. The van der Waals surface area contributed by atoms with E-state index in [0.29, 0.717) is 18.1 Å². The number of hydrogen-bond acceptors (Lipinski definition) is 7. The number of carbonyl (C=O) groups excluding carboxylic acids is 3. The molecule has 1 fully saturated rings. The van der Waals surface area contributed by atoms with E-state index in [0.717, 1.165) is 35.9 Å². The summed E-state index contributed by atoms with van der Waals surface area (Å²) in [4.78, 5) is 39.7. The highest BCUT2D eigenvalue weighted by Crippen LogP contribution is 2.34. The molecular weight excluding hydrogens is 492 g/mol. The van der Waals surface area contributed by atoms with Crippen molar-refractivity contribution in [3.05, 3.63) is 76.3 Å². The van der Waals surface area contributed by atoms with Crippen LogP contribution in [0.2, 0.25) is 0 Å². The van der Waals surface area contributed by atoms with Crippen LogP contribution in [0.4, 0.5) is 20.2 Å². The predicted octanol–water partition coefficient (Wildman–Crippen LogP) is 2.79. The van der Waals surface area contributed by atoms with E-state index >= 15 is 4.39 Å². The molecule has 188 valence electrons. The number of benzene rings is 2. The van der Waals surface area contributed by atoms with E-state index in [1.807, 2.05) is 0 Å². The maximum Gasteiger partial charge on any atom is 0.273 e. The Balaban J connectivity index is 1.82. The summed E-state index contributed by atoms with van der Waals surface area (Å²) in [6.07, 6.45) is 1.41. The molecule has 0 unspecified atom stereocenters. The summed E-state index contributed by atoms with van der Waals surface area (Å²) in [6.45, 7) is 0.749. The number of halogens is 2. The number of rotatable bonds is 8. The fraction of sp³-hybridized carbons (Fsp3) is 0.250. The maximum absolute atomic E-state index is 15.1. The second kappa shape index (κ2) is 10.8. The number of nitrogen functional groups attached to an aromatic ring is 1. The van der Waals surface area contributed by atoms with Crippen LogP contribution < -0.4 is 21.7 Å². The molecule has 2 atom stereocenters. The number of carbonyl (C=O) groups is 3. The van der Waals surface area contributed by atoms with Crippen molar-refractivity contribution >= 4 is 40.6 Å². The number of nitrogens with zero attached hydrogens (tertiary/aromatic N) is 2. The number of para-hydroxylation sites is 1. The van der Waals surface area contributed by atoms with Crippen LogP contribution in [0.15, 0.2) is 48.5 Å². The predicted molar refractivity (Wildman–Crippen MR) is 129 cm³/mol. The largest absolute Gasteiger partial charge is 0.395 e. The van der Waals surface area contributed by atoms with Crippen molar-refractivity contribution < 1.29 is 27.9 Å². The van der Waals surface area contributed by atoms with Gasteiger partial charge in [-0.15, -0.1) is 0 Å². The minimum Gasteiger partial charge on any atom is -0.395 e. The Labute approximate surface area is 209 Å². The lowest BCUT2D eigenvalue weighted by Crippen LogP contribution is -2.46. The van der Waals surface area contributed by atoms with Crippen molar-refractivity contribution in [3.8, 4) is 0 Å². The van der Waals surface area contributed by atoms with E-state index < -0.39 is 35.4 Å². The van der Waals surface area contributed by atoms with Gasteiger partial charge in [0.15, 0.2) is 5.69 Å². The van der Waals surface area contributed by atoms with Gasteiger partial charge in [-0.1, -0.05) is 24.3 Å². The lowest BCUT2D eigenvalue weighted by Gasteiger charge is -2.31. The van der Waals surface area contributed by atoms with Crippen molar-refractivity contribution in [1.82, 2.24) is 9.69 Å². The summed E-state index contributed by atoms with van der Waals surface area (Å²) < 4.78 is 38.2. The Morgan fingerprint density at radius 2 is 1.89 bits per heavy atom. The van der Waals surface area contributed by atoms with Gasteiger partial charge in [-0.05, 0) is 54.2 Å². The monoisotopic (exact) mass is 515 g/mol. The number of ether oxygens (including phenoxy) is 1. The number of nitrogens with one attached hydrogen (secondary N) is 1. The van der Waals surface area contributed by atoms with Crippen LogP contribution in [0, 0.1) is 11.6 Å². The molecule has 2 heterocycles. The minimum absolute atomic E-state index is 0.171. The van der Waals surface area contributed by atoms with Crippen molar-refractivity contribution in [2.75, 3.05) is 23.8 Å². The van der Waals surface area contributed by atoms with Crippen LogP contribution >= 0.6 is 11.5 Å². The quantitative estimate of drug-likeness (QED) is 0.421. The summed E-state index contributed by atoms with van der Waals surface area (Å²) in [5.41, 5.74) is 10.7. The molecule has 0 aliphatic carbocycles. The van der Waals surface area contributed by atoms with Crippen molar-refractivity contribution in [2.24, 2.45) is 5.73 Å². The highest BCUT2D eigenvalue weighted by atomic mass is 32.1. The standard InChI is InChI=1S/C24H23F2N5O4S/c25-14-9-7-13(8-10-14)20(23(33)29-12-15-4-3-11-35-15)31(17-6-2-1-5-16(17)26)24(34)21-18(27)19(22(28)32)30-36-21/h1-2,5-10,15,20H,3-4,11-12,27H2,(H2,28,32)(H,29,33)/t15-,20-/m0/s1. The molecule has 0 saturated carbocycles. The second-order valence-corrected chi connectivity index (χ2v) is 8.87. The summed E-state index contributed by atoms with van der Waals surface area (Å²) in [5.74, 6) is -3.82. The molecule has 1 aliphatic rings. The zero-order valence-corrected chi connectivity index (χ0v) is 19.8. The van der Waals surface area contributed by atoms with Crippen molar-refractivity contribution in [1.29, 1.82) is 0 Å². The Kier molecular flexibility index (Phi) is 7.55. The van der Waals surface area contributed by atoms with Crippen molar-refractivity contribution in [2.45, 2.75) is 25.0 Å². The van der Waals surface area contributed by atoms with Gasteiger partial charge in [-0.25, -0.2) is 8.78 Å². The zero-order valence-electron chi connectivity index (χ0n) is 18.9. The third-order valence-electron chi connectivity index (χ3n) is 5.71. The Bertz CT molecular complexity index is 1280. The first-order chi connectivity index (χ1) is 17.3. The lowest BCUT2D eigenvalue weighted by atomic mass is 10.0. The third kappa shape index (κ3) is 5.19. The zero-order chi connectivity index (χ0) is 25.8. The Morgan fingerprint density at radius 1 is 1.17 bits per heavy atom. The number of anilines is 2. The molecule has 3 aromatic rings. The molecule has 0 radical (unpaired) electrons. The van der Waals surface area contributed by atoms with Gasteiger partial charge in [-0.2, -0.15) is 4.37 Å². The van der Waals surface area contributed by atoms with Crippen LogP contribution in [0.1, 0.15) is 44.6 Å². The van der Waals surface area contributed by atoms with E-state index in [4.69, 9.17) is 16.2 Å². The van der Waals surface area contributed by atoms with E-state index in [1.54, 1.807) is 0 Å². The molecule has 9 nitrogen and oxygen atoms in total. The van der Waals surface area contributed by atoms with Crippen LogP contribution in [-0.2, 0) is 9.53 Å². The van der Waals surface area contributed by atoms with Gasteiger partial charge in [0.05, 0.1) is 17.5 Å². The van der Waals surface area contributed by atoms with Crippen LogP contribution in [0.25, 0.3) is 0 Å². The SMILES string of the molecule is NC(=O)c1nsc(C(=O)N(c2ccccc2F)[C@H](C(=O)NC[C@@H]2CCCO2)c2ccc(F)cc2)c1N. The Hall–Kier alpha value is -3.90. The number of aromatic nitrogens is 1. The molecule has 0 spiro atoms. The normalized spacial score (nSPS) is 15.9. The molecule has 4 rings (SSSR count). The van der Waals surface area contributed by atoms with Crippen LogP contribution in [0.3, 0.4) is 0 Å². The average Bonchev–Trinajstić information content (AvgIpc) is 3.52. The molecule has 3 amide bonds. The lowest BCUT2D eigenvalue weighted by molar-refractivity contribution is -0.123. The van der Waals surface area contributed by atoms with E-state index in [9.17, 15) is 18.8 Å². The average molecular weight is 516 g/mol.